The van der Waals surface area contributed by atoms with Gasteiger partial charge in [-0.05, 0) is 45.4 Å². The summed E-state index contributed by atoms with van der Waals surface area (Å²) < 4.78 is 3.32. The first kappa shape index (κ1) is 14.4. The lowest BCUT2D eigenvalue weighted by atomic mass is 10.1. The van der Waals surface area contributed by atoms with Gasteiger partial charge in [-0.15, -0.1) is 11.3 Å². The van der Waals surface area contributed by atoms with Crippen LogP contribution in [0.1, 0.15) is 16.9 Å². The van der Waals surface area contributed by atoms with E-state index in [1.54, 1.807) is 11.3 Å². The lowest BCUT2D eigenvalue weighted by Gasteiger charge is -2.03. The number of aromatic nitrogens is 1. The minimum atomic E-state index is -0.757. The molecule has 0 saturated carbocycles. The molecule has 0 saturated heterocycles. The first-order valence-corrected chi connectivity index (χ1v) is 8.33. The van der Waals surface area contributed by atoms with Gasteiger partial charge in [0.1, 0.15) is 0 Å². The van der Waals surface area contributed by atoms with Crippen molar-refractivity contribution in [2.75, 3.05) is 0 Å². The van der Waals surface area contributed by atoms with Crippen molar-refractivity contribution in [3.05, 3.63) is 56.8 Å². The number of thiophene rings is 1. The van der Waals surface area contributed by atoms with Crippen molar-refractivity contribution in [1.82, 2.24) is 4.57 Å². The van der Waals surface area contributed by atoms with E-state index in [1.165, 1.54) is 4.88 Å². The van der Waals surface area contributed by atoms with E-state index in [0.29, 0.717) is 6.42 Å². The lowest BCUT2D eigenvalue weighted by Crippen LogP contribution is -1.98. The smallest absolute Gasteiger partial charge is 0.303 e. The largest absolute Gasteiger partial charge is 0.481 e. The Morgan fingerprint density at radius 2 is 2.10 bits per heavy atom. The number of aliphatic carboxylic acids is 1. The maximum Gasteiger partial charge on any atom is 0.303 e. The number of halogens is 1. The number of aryl methyl sites for hydroxylation is 1. The van der Waals surface area contributed by atoms with Crippen molar-refractivity contribution in [2.45, 2.75) is 19.4 Å². The molecule has 21 heavy (non-hydrogen) atoms. The van der Waals surface area contributed by atoms with Crippen LogP contribution < -0.4 is 0 Å². The summed E-state index contributed by atoms with van der Waals surface area (Å²) in [7, 11) is 0. The SMILES string of the molecule is O=C(O)CCc1cn(Cc2sccc2Br)c2ccccc12. The number of hydrogen-bond donors (Lipinski definition) is 1. The standard InChI is InChI=1S/C16H14BrNO2S/c17-13-7-8-21-15(13)10-18-9-11(5-6-16(19)20)12-3-1-2-4-14(12)18/h1-4,7-9H,5-6,10H2,(H,19,20). The van der Waals surface area contributed by atoms with Gasteiger partial charge in [0.15, 0.2) is 0 Å². The third-order valence-electron chi connectivity index (χ3n) is 3.48. The molecule has 0 amide bonds. The minimum absolute atomic E-state index is 0.163. The zero-order valence-corrected chi connectivity index (χ0v) is 13.7. The van der Waals surface area contributed by atoms with Crippen LogP contribution in [-0.2, 0) is 17.8 Å². The summed E-state index contributed by atoms with van der Waals surface area (Å²) in [6.45, 7) is 0.797. The third-order valence-corrected chi connectivity index (χ3v) is 5.40. The number of carboxylic acid groups (broad SMARTS) is 1. The Kier molecular flexibility index (Phi) is 4.12. The first-order chi connectivity index (χ1) is 10.1. The fourth-order valence-electron chi connectivity index (χ4n) is 2.49. The Labute approximate surface area is 135 Å². The van der Waals surface area contributed by atoms with Gasteiger partial charge in [0.05, 0.1) is 6.54 Å². The Balaban J connectivity index is 1.98. The molecule has 0 bridgehead atoms. The molecule has 2 aromatic heterocycles. The number of rotatable bonds is 5. The van der Waals surface area contributed by atoms with Gasteiger partial charge in [-0.1, -0.05) is 18.2 Å². The summed E-state index contributed by atoms with van der Waals surface area (Å²) in [5.74, 6) is -0.757. The molecule has 0 aliphatic carbocycles. The van der Waals surface area contributed by atoms with E-state index in [1.807, 2.05) is 12.1 Å². The summed E-state index contributed by atoms with van der Waals surface area (Å²) in [5.41, 5.74) is 2.25. The summed E-state index contributed by atoms with van der Waals surface area (Å²) >= 11 is 5.28. The maximum atomic E-state index is 10.8. The summed E-state index contributed by atoms with van der Waals surface area (Å²) in [4.78, 5) is 12.1. The number of carboxylic acids is 1. The molecule has 1 N–H and O–H groups in total. The Bertz CT molecular complexity index is 791. The predicted octanol–water partition coefficient (Wildman–Crippen LogP) is 4.53. The summed E-state index contributed by atoms with van der Waals surface area (Å²) in [6, 6.07) is 10.2. The maximum absolute atomic E-state index is 10.8. The minimum Gasteiger partial charge on any atom is -0.481 e. The topological polar surface area (TPSA) is 42.2 Å². The number of nitrogens with zero attached hydrogens (tertiary/aromatic N) is 1. The monoisotopic (exact) mass is 363 g/mol. The van der Waals surface area contributed by atoms with E-state index >= 15 is 0 Å². The van der Waals surface area contributed by atoms with Crippen molar-refractivity contribution < 1.29 is 9.90 Å². The fourth-order valence-corrected chi connectivity index (χ4v) is 3.96. The molecular formula is C16H14BrNO2S. The van der Waals surface area contributed by atoms with E-state index in [0.717, 1.165) is 27.5 Å². The number of benzene rings is 1. The zero-order chi connectivity index (χ0) is 14.8. The normalized spacial score (nSPS) is 11.1. The molecule has 0 aliphatic heterocycles. The number of para-hydroxylation sites is 1. The van der Waals surface area contributed by atoms with Gasteiger partial charge >= 0.3 is 5.97 Å². The second kappa shape index (κ2) is 6.03. The molecule has 108 valence electrons. The molecule has 3 aromatic rings. The van der Waals surface area contributed by atoms with E-state index in [-0.39, 0.29) is 6.42 Å². The summed E-state index contributed by atoms with van der Waals surface area (Å²) in [5, 5.41) is 12.1. The highest BCUT2D eigenvalue weighted by atomic mass is 79.9. The van der Waals surface area contributed by atoms with Crippen molar-refractivity contribution in [3.8, 4) is 0 Å². The average molecular weight is 364 g/mol. The molecule has 3 rings (SSSR count). The molecule has 2 heterocycles. The van der Waals surface area contributed by atoms with Crippen LogP contribution in [0.3, 0.4) is 0 Å². The average Bonchev–Trinajstić information content (AvgIpc) is 3.02. The van der Waals surface area contributed by atoms with Crippen LogP contribution in [0.5, 0.6) is 0 Å². The van der Waals surface area contributed by atoms with E-state index in [9.17, 15) is 4.79 Å². The van der Waals surface area contributed by atoms with Gasteiger partial charge in [0.25, 0.3) is 0 Å². The highest BCUT2D eigenvalue weighted by molar-refractivity contribution is 9.10. The van der Waals surface area contributed by atoms with Crippen LogP contribution in [0, 0.1) is 0 Å². The zero-order valence-electron chi connectivity index (χ0n) is 11.3. The molecule has 3 nitrogen and oxygen atoms in total. The predicted molar refractivity (Wildman–Crippen MR) is 89.0 cm³/mol. The van der Waals surface area contributed by atoms with Gasteiger partial charge in [-0.2, -0.15) is 0 Å². The number of hydrogen-bond acceptors (Lipinski definition) is 2. The van der Waals surface area contributed by atoms with Gasteiger partial charge in [0, 0.05) is 32.9 Å². The van der Waals surface area contributed by atoms with Gasteiger partial charge < -0.3 is 9.67 Å². The van der Waals surface area contributed by atoms with Crippen LogP contribution in [-0.4, -0.2) is 15.6 Å². The van der Waals surface area contributed by atoms with Gasteiger partial charge in [-0.3, -0.25) is 4.79 Å². The van der Waals surface area contributed by atoms with Crippen LogP contribution >= 0.6 is 27.3 Å². The Hall–Kier alpha value is -1.59. The second-order valence-corrected chi connectivity index (χ2v) is 6.74. The molecule has 0 unspecified atom stereocenters. The van der Waals surface area contributed by atoms with E-state index in [2.05, 4.69) is 50.3 Å². The van der Waals surface area contributed by atoms with E-state index < -0.39 is 5.97 Å². The van der Waals surface area contributed by atoms with Gasteiger partial charge in [-0.25, -0.2) is 0 Å². The van der Waals surface area contributed by atoms with Gasteiger partial charge in [0.2, 0.25) is 0 Å². The first-order valence-electron chi connectivity index (χ1n) is 6.65. The number of fused-ring (bicyclic) bond motifs is 1. The Morgan fingerprint density at radius 3 is 2.81 bits per heavy atom. The van der Waals surface area contributed by atoms with Crippen molar-refractivity contribution in [1.29, 1.82) is 0 Å². The van der Waals surface area contributed by atoms with Crippen molar-refractivity contribution in [2.24, 2.45) is 0 Å². The number of carbonyl (C=O) groups is 1. The molecule has 1 aromatic carbocycles. The highest BCUT2D eigenvalue weighted by Crippen LogP contribution is 2.28. The molecular weight excluding hydrogens is 350 g/mol. The fraction of sp³-hybridized carbons (Fsp3) is 0.188. The quantitative estimate of drug-likeness (QED) is 0.723. The molecule has 0 aliphatic rings. The second-order valence-electron chi connectivity index (χ2n) is 4.88. The molecule has 0 fully saturated rings. The third kappa shape index (κ3) is 3.04. The molecule has 5 heteroatoms. The lowest BCUT2D eigenvalue weighted by molar-refractivity contribution is -0.136. The van der Waals surface area contributed by atoms with E-state index in [4.69, 9.17) is 5.11 Å². The van der Waals surface area contributed by atoms with Crippen molar-refractivity contribution in [3.63, 3.8) is 0 Å². The van der Waals surface area contributed by atoms with Crippen LogP contribution in [0.2, 0.25) is 0 Å². The Morgan fingerprint density at radius 1 is 1.29 bits per heavy atom. The molecule has 0 atom stereocenters. The van der Waals surface area contributed by atoms with Crippen molar-refractivity contribution >= 4 is 44.1 Å². The molecule has 0 radical (unpaired) electrons. The summed E-state index contributed by atoms with van der Waals surface area (Å²) in [6.07, 6.45) is 2.81. The van der Waals surface area contributed by atoms with Crippen LogP contribution in [0.25, 0.3) is 10.9 Å². The highest BCUT2D eigenvalue weighted by Gasteiger charge is 2.11. The van der Waals surface area contributed by atoms with Crippen LogP contribution in [0.4, 0.5) is 0 Å². The molecule has 0 spiro atoms. The van der Waals surface area contributed by atoms with Crippen LogP contribution in [0.15, 0.2) is 46.4 Å².